The predicted octanol–water partition coefficient (Wildman–Crippen LogP) is 3.61. The Bertz CT molecular complexity index is 798. The van der Waals surface area contributed by atoms with Gasteiger partial charge in [0.15, 0.2) is 6.10 Å². The van der Waals surface area contributed by atoms with Crippen molar-refractivity contribution in [2.75, 3.05) is 26.3 Å². The van der Waals surface area contributed by atoms with Gasteiger partial charge in [0.1, 0.15) is 5.75 Å². The van der Waals surface area contributed by atoms with Crippen LogP contribution in [0.4, 0.5) is 0 Å². The number of nitrogens with zero attached hydrogens (tertiary/aromatic N) is 1. The molecule has 0 aliphatic carbocycles. The lowest BCUT2D eigenvalue weighted by Gasteiger charge is -2.26. The molecule has 1 fully saturated rings. The first kappa shape index (κ1) is 21.3. The molecule has 1 aliphatic rings. The molecule has 1 heterocycles. The highest BCUT2D eigenvalue weighted by Crippen LogP contribution is 2.22. The molecule has 2 aromatic rings. The van der Waals surface area contributed by atoms with Crippen molar-refractivity contribution in [1.29, 1.82) is 0 Å². The van der Waals surface area contributed by atoms with Gasteiger partial charge in [-0.1, -0.05) is 43.3 Å². The number of carbonyl (C=O) groups is 1. The van der Waals surface area contributed by atoms with Crippen molar-refractivity contribution in [3.05, 3.63) is 64.7 Å². The van der Waals surface area contributed by atoms with E-state index < -0.39 is 6.10 Å². The van der Waals surface area contributed by atoms with Gasteiger partial charge in [-0.05, 0) is 48.6 Å². The molecular formula is C24H32N2O3. The number of hydrogen-bond donors (Lipinski definition) is 1. The predicted molar refractivity (Wildman–Crippen MR) is 115 cm³/mol. The Labute approximate surface area is 174 Å². The summed E-state index contributed by atoms with van der Waals surface area (Å²) >= 11 is 0. The van der Waals surface area contributed by atoms with E-state index in [2.05, 4.69) is 34.5 Å². The molecular weight excluding hydrogens is 364 g/mol. The molecule has 0 spiro atoms. The van der Waals surface area contributed by atoms with Gasteiger partial charge in [0.25, 0.3) is 5.91 Å². The van der Waals surface area contributed by atoms with Crippen molar-refractivity contribution in [3.63, 3.8) is 0 Å². The van der Waals surface area contributed by atoms with Crippen LogP contribution in [-0.2, 0) is 22.6 Å². The molecule has 0 radical (unpaired) electrons. The van der Waals surface area contributed by atoms with Crippen LogP contribution in [0.15, 0.2) is 42.5 Å². The third-order valence-electron chi connectivity index (χ3n) is 5.49. The van der Waals surface area contributed by atoms with Crippen LogP contribution in [0.25, 0.3) is 0 Å². The largest absolute Gasteiger partial charge is 0.480 e. The van der Waals surface area contributed by atoms with Crippen LogP contribution in [0, 0.1) is 13.8 Å². The van der Waals surface area contributed by atoms with Crippen molar-refractivity contribution in [2.45, 2.75) is 46.4 Å². The Morgan fingerprint density at radius 3 is 2.48 bits per heavy atom. The van der Waals surface area contributed by atoms with Gasteiger partial charge in [0.2, 0.25) is 0 Å². The van der Waals surface area contributed by atoms with E-state index in [1.807, 2.05) is 39.0 Å². The van der Waals surface area contributed by atoms with E-state index in [-0.39, 0.29) is 5.91 Å². The highest BCUT2D eigenvalue weighted by atomic mass is 16.5. The number of benzene rings is 2. The number of aryl methyl sites for hydroxylation is 1. The maximum atomic E-state index is 12.6. The number of amides is 1. The van der Waals surface area contributed by atoms with Gasteiger partial charge >= 0.3 is 0 Å². The minimum absolute atomic E-state index is 0.0780. The molecule has 156 valence electrons. The van der Waals surface area contributed by atoms with Gasteiger partial charge in [0.05, 0.1) is 13.2 Å². The Kier molecular flexibility index (Phi) is 7.67. The number of hydrogen-bond acceptors (Lipinski definition) is 4. The summed E-state index contributed by atoms with van der Waals surface area (Å²) in [7, 11) is 0. The van der Waals surface area contributed by atoms with E-state index in [0.29, 0.717) is 13.0 Å². The van der Waals surface area contributed by atoms with Crippen LogP contribution in [0.1, 0.15) is 35.6 Å². The van der Waals surface area contributed by atoms with Gasteiger partial charge < -0.3 is 14.8 Å². The van der Waals surface area contributed by atoms with Gasteiger partial charge in [-0.3, -0.25) is 9.69 Å². The number of ether oxygens (including phenoxy) is 2. The first-order valence-corrected chi connectivity index (χ1v) is 10.5. The zero-order valence-electron chi connectivity index (χ0n) is 17.7. The van der Waals surface area contributed by atoms with Crippen molar-refractivity contribution in [3.8, 4) is 5.75 Å². The molecule has 1 amide bonds. The van der Waals surface area contributed by atoms with Crippen LogP contribution in [0.5, 0.6) is 5.75 Å². The zero-order valence-corrected chi connectivity index (χ0v) is 17.7. The van der Waals surface area contributed by atoms with E-state index in [0.717, 1.165) is 55.3 Å². The second-order valence-electron chi connectivity index (χ2n) is 7.64. The van der Waals surface area contributed by atoms with Crippen LogP contribution in [-0.4, -0.2) is 43.2 Å². The third-order valence-corrected chi connectivity index (χ3v) is 5.49. The summed E-state index contributed by atoms with van der Waals surface area (Å²) in [5.74, 6) is 0.699. The van der Waals surface area contributed by atoms with E-state index in [4.69, 9.17) is 9.47 Å². The maximum absolute atomic E-state index is 12.6. The van der Waals surface area contributed by atoms with Crippen molar-refractivity contribution in [2.24, 2.45) is 0 Å². The van der Waals surface area contributed by atoms with E-state index in [1.165, 1.54) is 5.56 Å². The van der Waals surface area contributed by atoms with Gasteiger partial charge in [-0.2, -0.15) is 0 Å². The summed E-state index contributed by atoms with van der Waals surface area (Å²) in [6.07, 6.45) is 0.133. The number of nitrogens with one attached hydrogen (secondary N) is 1. The fraction of sp³-hybridized carbons (Fsp3) is 0.458. The summed E-state index contributed by atoms with van der Waals surface area (Å²) in [5, 5.41) is 3.01. The van der Waals surface area contributed by atoms with Crippen LogP contribution >= 0.6 is 0 Å². The second-order valence-corrected chi connectivity index (χ2v) is 7.64. The molecule has 0 bridgehead atoms. The molecule has 0 unspecified atom stereocenters. The summed E-state index contributed by atoms with van der Waals surface area (Å²) < 4.78 is 11.4. The highest BCUT2D eigenvalue weighted by molar-refractivity contribution is 5.81. The summed E-state index contributed by atoms with van der Waals surface area (Å²) in [6, 6.07) is 14.4. The average molecular weight is 397 g/mol. The lowest BCUT2D eigenvalue weighted by Crippen LogP contribution is -2.37. The third kappa shape index (κ3) is 6.05. The smallest absolute Gasteiger partial charge is 0.261 e. The van der Waals surface area contributed by atoms with E-state index in [1.54, 1.807) is 0 Å². The van der Waals surface area contributed by atoms with Crippen LogP contribution < -0.4 is 10.1 Å². The first-order chi connectivity index (χ1) is 14.1. The Morgan fingerprint density at radius 1 is 1.10 bits per heavy atom. The quantitative estimate of drug-likeness (QED) is 0.741. The molecule has 1 aliphatic heterocycles. The van der Waals surface area contributed by atoms with Crippen molar-refractivity contribution < 1.29 is 14.3 Å². The number of rotatable bonds is 8. The van der Waals surface area contributed by atoms with E-state index in [9.17, 15) is 4.79 Å². The minimum Gasteiger partial charge on any atom is -0.480 e. The molecule has 5 nitrogen and oxygen atoms in total. The van der Waals surface area contributed by atoms with Crippen molar-refractivity contribution >= 4 is 5.91 Å². The Morgan fingerprint density at radius 2 is 1.79 bits per heavy atom. The zero-order chi connectivity index (χ0) is 20.6. The molecule has 1 saturated heterocycles. The fourth-order valence-electron chi connectivity index (χ4n) is 3.41. The Balaban J connectivity index is 1.51. The Hall–Kier alpha value is -2.37. The monoisotopic (exact) mass is 396 g/mol. The minimum atomic E-state index is -0.490. The van der Waals surface area contributed by atoms with Crippen molar-refractivity contribution in [1.82, 2.24) is 10.2 Å². The summed E-state index contributed by atoms with van der Waals surface area (Å²) in [6.45, 7) is 11.1. The first-order valence-electron chi connectivity index (χ1n) is 10.5. The van der Waals surface area contributed by atoms with Gasteiger partial charge in [-0.25, -0.2) is 0 Å². The molecule has 5 heteroatoms. The molecule has 1 atom stereocenters. The average Bonchev–Trinajstić information content (AvgIpc) is 2.75. The normalized spacial score (nSPS) is 15.7. The highest BCUT2D eigenvalue weighted by Gasteiger charge is 2.19. The van der Waals surface area contributed by atoms with E-state index >= 15 is 0 Å². The topological polar surface area (TPSA) is 50.8 Å². The number of carbonyl (C=O) groups excluding carboxylic acids is 1. The molecule has 0 saturated carbocycles. The van der Waals surface area contributed by atoms with Crippen LogP contribution in [0.3, 0.4) is 0 Å². The molecule has 1 N–H and O–H groups in total. The fourth-order valence-corrected chi connectivity index (χ4v) is 3.41. The lowest BCUT2D eigenvalue weighted by atomic mass is 10.1. The summed E-state index contributed by atoms with van der Waals surface area (Å²) in [4.78, 5) is 15.0. The molecule has 0 aromatic heterocycles. The van der Waals surface area contributed by atoms with Gasteiger partial charge in [-0.15, -0.1) is 0 Å². The summed E-state index contributed by atoms with van der Waals surface area (Å²) in [5.41, 5.74) is 4.61. The standard InChI is InChI=1S/C24H32N2O3/c1-4-22(29-23-7-5-6-18(2)19(23)3)24(27)25-16-20-8-10-21(11-9-20)17-26-12-14-28-15-13-26/h5-11,22H,4,12-17H2,1-3H3,(H,25,27)/t22-/m1/s1. The molecule has 2 aromatic carbocycles. The SMILES string of the molecule is CC[C@@H](Oc1cccc(C)c1C)C(=O)NCc1ccc(CN2CCOCC2)cc1. The number of morpholine rings is 1. The lowest BCUT2D eigenvalue weighted by molar-refractivity contribution is -0.128. The molecule has 29 heavy (non-hydrogen) atoms. The van der Waals surface area contributed by atoms with Gasteiger partial charge in [0, 0.05) is 26.2 Å². The van der Waals surface area contributed by atoms with Crippen LogP contribution in [0.2, 0.25) is 0 Å². The second kappa shape index (κ2) is 10.4. The maximum Gasteiger partial charge on any atom is 0.261 e. The molecule has 3 rings (SSSR count).